The molecule has 8 heteroatoms. The van der Waals surface area contributed by atoms with Crippen LogP contribution in [-0.2, 0) is 11.3 Å². The van der Waals surface area contributed by atoms with Crippen molar-refractivity contribution in [1.29, 1.82) is 0 Å². The number of halogens is 3. The quantitative estimate of drug-likeness (QED) is 0.727. The van der Waals surface area contributed by atoms with Gasteiger partial charge in [-0.3, -0.25) is 9.69 Å². The van der Waals surface area contributed by atoms with Gasteiger partial charge in [0.1, 0.15) is 5.82 Å². The highest BCUT2D eigenvalue weighted by Gasteiger charge is 2.19. The summed E-state index contributed by atoms with van der Waals surface area (Å²) in [5.41, 5.74) is 1.63. The Hall–Kier alpha value is -2.74. The summed E-state index contributed by atoms with van der Waals surface area (Å²) in [5, 5.41) is 2.68. The van der Waals surface area contributed by atoms with Crippen molar-refractivity contribution in [3.63, 3.8) is 0 Å². The van der Waals surface area contributed by atoms with Crippen LogP contribution >= 0.6 is 0 Å². The SMILES string of the molecule is COc1cc(CN(C)C(C)C(=O)Nc2ccc(C)c(F)c2)ccc1OC(F)F. The van der Waals surface area contributed by atoms with E-state index in [4.69, 9.17) is 4.74 Å². The van der Waals surface area contributed by atoms with E-state index in [1.807, 2.05) is 0 Å². The van der Waals surface area contributed by atoms with E-state index >= 15 is 0 Å². The number of ether oxygens (including phenoxy) is 2. The van der Waals surface area contributed by atoms with Gasteiger partial charge in [0.2, 0.25) is 5.91 Å². The number of aryl methyl sites for hydroxylation is 1. The average Bonchev–Trinajstić information content (AvgIpc) is 2.64. The summed E-state index contributed by atoms with van der Waals surface area (Å²) in [7, 11) is 3.11. The van der Waals surface area contributed by atoms with Crippen LogP contribution in [0.5, 0.6) is 11.5 Å². The average molecular weight is 396 g/mol. The predicted molar refractivity (Wildman–Crippen MR) is 100 cm³/mol. The van der Waals surface area contributed by atoms with Crippen LogP contribution in [-0.4, -0.2) is 37.6 Å². The van der Waals surface area contributed by atoms with E-state index in [9.17, 15) is 18.0 Å². The summed E-state index contributed by atoms with van der Waals surface area (Å²) in [4.78, 5) is 14.2. The lowest BCUT2D eigenvalue weighted by Gasteiger charge is -2.24. The van der Waals surface area contributed by atoms with Crippen molar-refractivity contribution < 1.29 is 27.4 Å². The standard InChI is InChI=1S/C20H23F3N2O3/c1-12-5-7-15(10-16(12)21)24-19(26)13(2)25(3)11-14-6-8-17(28-20(22)23)18(9-14)27-4/h5-10,13,20H,11H2,1-4H3,(H,24,26). The molecule has 0 saturated heterocycles. The van der Waals surface area contributed by atoms with Crippen LogP contribution in [0.4, 0.5) is 18.9 Å². The van der Waals surface area contributed by atoms with Crippen molar-refractivity contribution in [3.8, 4) is 11.5 Å². The molecule has 0 aliphatic heterocycles. The van der Waals surface area contributed by atoms with E-state index < -0.39 is 18.5 Å². The van der Waals surface area contributed by atoms with Crippen molar-refractivity contribution in [2.75, 3.05) is 19.5 Å². The van der Waals surface area contributed by atoms with E-state index in [0.717, 1.165) is 5.56 Å². The highest BCUT2D eigenvalue weighted by molar-refractivity contribution is 5.94. The number of hydrogen-bond acceptors (Lipinski definition) is 4. The van der Waals surface area contributed by atoms with E-state index in [0.29, 0.717) is 17.8 Å². The minimum absolute atomic E-state index is 0.0592. The van der Waals surface area contributed by atoms with Gasteiger partial charge in [-0.25, -0.2) is 4.39 Å². The Morgan fingerprint density at radius 3 is 2.50 bits per heavy atom. The number of rotatable bonds is 8. The molecule has 0 spiro atoms. The summed E-state index contributed by atoms with van der Waals surface area (Å²) in [6.45, 7) is 0.773. The van der Waals surface area contributed by atoms with Gasteiger partial charge in [0, 0.05) is 12.2 Å². The first-order valence-electron chi connectivity index (χ1n) is 8.60. The summed E-state index contributed by atoms with van der Waals surface area (Å²) in [6.07, 6.45) is 0. The molecule has 1 N–H and O–H groups in total. The Kier molecular flexibility index (Phi) is 7.28. The Bertz CT molecular complexity index is 830. The minimum Gasteiger partial charge on any atom is -0.493 e. The fraction of sp³-hybridized carbons (Fsp3) is 0.350. The number of nitrogens with one attached hydrogen (secondary N) is 1. The second-order valence-corrected chi connectivity index (χ2v) is 6.41. The number of hydrogen-bond donors (Lipinski definition) is 1. The molecule has 2 aromatic carbocycles. The van der Waals surface area contributed by atoms with Crippen LogP contribution in [0.25, 0.3) is 0 Å². The van der Waals surface area contributed by atoms with E-state index in [1.54, 1.807) is 50.1 Å². The van der Waals surface area contributed by atoms with Crippen LogP contribution in [0.15, 0.2) is 36.4 Å². The minimum atomic E-state index is -2.95. The number of likely N-dealkylation sites (N-methyl/N-ethyl adjacent to an activating group) is 1. The molecule has 0 fully saturated rings. The van der Waals surface area contributed by atoms with Crippen molar-refractivity contribution in [2.45, 2.75) is 33.0 Å². The lowest BCUT2D eigenvalue weighted by molar-refractivity contribution is -0.120. The third-order valence-electron chi connectivity index (χ3n) is 4.36. The van der Waals surface area contributed by atoms with Gasteiger partial charge in [-0.2, -0.15) is 8.78 Å². The van der Waals surface area contributed by atoms with Gasteiger partial charge in [0.05, 0.1) is 13.2 Å². The number of carbonyl (C=O) groups is 1. The van der Waals surface area contributed by atoms with Gasteiger partial charge in [0.25, 0.3) is 0 Å². The number of anilines is 1. The van der Waals surface area contributed by atoms with Gasteiger partial charge in [-0.15, -0.1) is 0 Å². The molecule has 0 radical (unpaired) electrons. The third kappa shape index (κ3) is 5.63. The molecule has 0 bridgehead atoms. The van der Waals surface area contributed by atoms with Crippen LogP contribution in [0.2, 0.25) is 0 Å². The summed E-state index contributed by atoms with van der Waals surface area (Å²) < 4.78 is 47.9. The van der Waals surface area contributed by atoms with Gasteiger partial charge in [0.15, 0.2) is 11.5 Å². The maximum Gasteiger partial charge on any atom is 0.387 e. The zero-order valence-electron chi connectivity index (χ0n) is 16.1. The van der Waals surface area contributed by atoms with Gasteiger partial charge < -0.3 is 14.8 Å². The first kappa shape index (κ1) is 21.6. The first-order valence-corrected chi connectivity index (χ1v) is 8.60. The van der Waals surface area contributed by atoms with Crippen LogP contribution in [0.1, 0.15) is 18.1 Å². The molecule has 1 amide bonds. The number of benzene rings is 2. The van der Waals surface area contributed by atoms with Crippen molar-refractivity contribution in [3.05, 3.63) is 53.3 Å². The van der Waals surface area contributed by atoms with E-state index in [2.05, 4.69) is 10.1 Å². The molecule has 5 nitrogen and oxygen atoms in total. The normalized spacial score (nSPS) is 12.2. The number of nitrogens with zero attached hydrogens (tertiary/aromatic N) is 1. The molecule has 0 aromatic heterocycles. The third-order valence-corrected chi connectivity index (χ3v) is 4.36. The lowest BCUT2D eigenvalue weighted by atomic mass is 10.1. The number of carbonyl (C=O) groups excluding carboxylic acids is 1. The second kappa shape index (κ2) is 9.45. The summed E-state index contributed by atoms with van der Waals surface area (Å²) in [6, 6.07) is 8.57. The maximum atomic E-state index is 13.6. The first-order chi connectivity index (χ1) is 13.2. The molecule has 1 atom stereocenters. The van der Waals surface area contributed by atoms with E-state index in [1.165, 1.54) is 19.2 Å². The molecule has 0 aliphatic carbocycles. The van der Waals surface area contributed by atoms with Crippen LogP contribution in [0.3, 0.4) is 0 Å². The number of amides is 1. The molecule has 0 saturated carbocycles. The molecule has 1 unspecified atom stereocenters. The van der Waals surface area contributed by atoms with Gasteiger partial charge >= 0.3 is 6.61 Å². The fourth-order valence-corrected chi connectivity index (χ4v) is 2.55. The van der Waals surface area contributed by atoms with Crippen LogP contribution in [0, 0.1) is 12.7 Å². The lowest BCUT2D eigenvalue weighted by Crippen LogP contribution is -2.39. The molecule has 2 aromatic rings. The monoisotopic (exact) mass is 396 g/mol. The van der Waals surface area contributed by atoms with Crippen molar-refractivity contribution in [2.24, 2.45) is 0 Å². The Balaban J connectivity index is 2.03. The molecule has 2 rings (SSSR count). The van der Waals surface area contributed by atoms with Gasteiger partial charge in [-0.05, 0) is 56.3 Å². The molecular formula is C20H23F3N2O3. The summed E-state index contributed by atoms with van der Waals surface area (Å²) in [5.74, 6) is -0.568. The smallest absolute Gasteiger partial charge is 0.387 e. The summed E-state index contributed by atoms with van der Waals surface area (Å²) >= 11 is 0. The molecule has 152 valence electrons. The van der Waals surface area contributed by atoms with Gasteiger partial charge in [-0.1, -0.05) is 12.1 Å². The maximum absolute atomic E-state index is 13.6. The molecular weight excluding hydrogens is 373 g/mol. The molecule has 0 aliphatic rings. The highest BCUT2D eigenvalue weighted by Crippen LogP contribution is 2.30. The van der Waals surface area contributed by atoms with Crippen molar-refractivity contribution in [1.82, 2.24) is 4.90 Å². The van der Waals surface area contributed by atoms with Crippen LogP contribution < -0.4 is 14.8 Å². The van der Waals surface area contributed by atoms with Crippen molar-refractivity contribution >= 4 is 11.6 Å². The highest BCUT2D eigenvalue weighted by atomic mass is 19.3. The number of methoxy groups -OCH3 is 1. The Morgan fingerprint density at radius 1 is 1.18 bits per heavy atom. The Morgan fingerprint density at radius 2 is 1.89 bits per heavy atom. The zero-order chi connectivity index (χ0) is 20.8. The van der Waals surface area contributed by atoms with E-state index in [-0.39, 0.29) is 17.4 Å². The fourth-order valence-electron chi connectivity index (χ4n) is 2.55. The largest absolute Gasteiger partial charge is 0.493 e. The number of alkyl halides is 2. The zero-order valence-corrected chi connectivity index (χ0v) is 16.1. The molecule has 0 heterocycles. The second-order valence-electron chi connectivity index (χ2n) is 6.41. The predicted octanol–water partition coefficient (Wildman–Crippen LogP) is 4.20. The molecule has 28 heavy (non-hydrogen) atoms. The topological polar surface area (TPSA) is 50.8 Å². The Labute approximate surface area is 162 Å².